The Balaban J connectivity index is 1.57. The van der Waals surface area contributed by atoms with Crippen LogP contribution in [-0.2, 0) is 23.0 Å². The second-order valence-corrected chi connectivity index (χ2v) is 4.83. The number of amides is 1. The molecule has 2 N–H and O–H groups in total. The number of ether oxygens (including phenoxy) is 1. The predicted molar refractivity (Wildman–Crippen MR) is 71.8 cm³/mol. The number of nitrogens with zero attached hydrogens (tertiary/aromatic N) is 2. The lowest BCUT2D eigenvalue weighted by molar-refractivity contribution is -0.121. The summed E-state index contributed by atoms with van der Waals surface area (Å²) in [7, 11) is 1.92. The van der Waals surface area contributed by atoms with Gasteiger partial charge in [0.25, 0.3) is 0 Å². The minimum Gasteiger partial charge on any atom is -0.381 e. The molecule has 0 bridgehead atoms. The lowest BCUT2D eigenvalue weighted by atomic mass is 10.1. The summed E-state index contributed by atoms with van der Waals surface area (Å²) in [5, 5.41) is 10.3. The zero-order chi connectivity index (χ0) is 13.5. The average Bonchev–Trinajstić information content (AvgIpc) is 2.81. The number of carbonyl (C=O) groups excluding carboxylic acids is 1. The molecular formula is C13H22N4O2. The number of aromatic nitrogens is 2. The van der Waals surface area contributed by atoms with Gasteiger partial charge in [0.15, 0.2) is 0 Å². The van der Waals surface area contributed by atoms with Crippen LogP contribution >= 0.6 is 0 Å². The maximum atomic E-state index is 11.7. The SMILES string of the molecule is Cn1nccc1CCNCC(=O)NC1CCOCC1. The first-order chi connectivity index (χ1) is 9.25. The molecule has 1 aliphatic rings. The van der Waals surface area contributed by atoms with Gasteiger partial charge < -0.3 is 15.4 Å². The van der Waals surface area contributed by atoms with E-state index in [1.165, 1.54) is 0 Å². The van der Waals surface area contributed by atoms with Crippen LogP contribution in [0.15, 0.2) is 12.3 Å². The van der Waals surface area contributed by atoms with Crippen LogP contribution in [0.25, 0.3) is 0 Å². The van der Waals surface area contributed by atoms with E-state index in [1.807, 2.05) is 17.8 Å². The average molecular weight is 266 g/mol. The number of hydrogen-bond acceptors (Lipinski definition) is 4. The summed E-state index contributed by atoms with van der Waals surface area (Å²) in [5.41, 5.74) is 1.16. The molecule has 0 spiro atoms. The van der Waals surface area contributed by atoms with E-state index >= 15 is 0 Å². The summed E-state index contributed by atoms with van der Waals surface area (Å²) < 4.78 is 7.11. The molecule has 2 rings (SSSR count). The molecule has 6 heteroatoms. The largest absolute Gasteiger partial charge is 0.381 e. The minimum atomic E-state index is 0.0666. The Kier molecular flexibility index (Phi) is 5.35. The molecule has 2 heterocycles. The lowest BCUT2D eigenvalue weighted by Gasteiger charge is -2.23. The highest BCUT2D eigenvalue weighted by Crippen LogP contribution is 2.05. The minimum absolute atomic E-state index is 0.0666. The Morgan fingerprint density at radius 1 is 1.53 bits per heavy atom. The molecule has 1 amide bonds. The van der Waals surface area contributed by atoms with Crippen LogP contribution in [0.1, 0.15) is 18.5 Å². The van der Waals surface area contributed by atoms with Gasteiger partial charge in [0.05, 0.1) is 6.54 Å². The van der Waals surface area contributed by atoms with Crippen LogP contribution in [0.3, 0.4) is 0 Å². The van der Waals surface area contributed by atoms with Crippen molar-refractivity contribution in [3.8, 4) is 0 Å². The van der Waals surface area contributed by atoms with Crippen molar-refractivity contribution in [2.24, 2.45) is 7.05 Å². The molecule has 1 aromatic rings. The van der Waals surface area contributed by atoms with E-state index in [0.717, 1.165) is 44.7 Å². The summed E-state index contributed by atoms with van der Waals surface area (Å²) in [6.07, 6.45) is 4.50. The van der Waals surface area contributed by atoms with Gasteiger partial charge >= 0.3 is 0 Å². The van der Waals surface area contributed by atoms with Crippen LogP contribution < -0.4 is 10.6 Å². The second kappa shape index (κ2) is 7.25. The van der Waals surface area contributed by atoms with E-state index in [1.54, 1.807) is 6.20 Å². The summed E-state index contributed by atoms with van der Waals surface area (Å²) in [5.74, 6) is 0.0666. The molecule has 0 atom stereocenters. The van der Waals surface area contributed by atoms with Crippen molar-refractivity contribution in [3.63, 3.8) is 0 Å². The summed E-state index contributed by atoms with van der Waals surface area (Å²) in [6, 6.07) is 2.27. The molecule has 0 aromatic carbocycles. The smallest absolute Gasteiger partial charge is 0.234 e. The number of hydrogen-bond donors (Lipinski definition) is 2. The van der Waals surface area contributed by atoms with E-state index in [4.69, 9.17) is 4.74 Å². The fraction of sp³-hybridized carbons (Fsp3) is 0.692. The Hall–Kier alpha value is -1.40. The van der Waals surface area contributed by atoms with E-state index in [9.17, 15) is 4.79 Å². The zero-order valence-corrected chi connectivity index (χ0v) is 11.4. The van der Waals surface area contributed by atoms with Gasteiger partial charge in [0.1, 0.15) is 0 Å². The fourth-order valence-electron chi connectivity index (χ4n) is 2.19. The maximum absolute atomic E-state index is 11.7. The number of aryl methyl sites for hydroxylation is 1. The Bertz CT molecular complexity index is 399. The van der Waals surface area contributed by atoms with Crippen molar-refractivity contribution in [3.05, 3.63) is 18.0 Å². The van der Waals surface area contributed by atoms with Crippen LogP contribution in [0, 0.1) is 0 Å². The summed E-state index contributed by atoms with van der Waals surface area (Å²) in [4.78, 5) is 11.7. The molecule has 0 saturated carbocycles. The van der Waals surface area contributed by atoms with Gasteiger partial charge in [-0.1, -0.05) is 0 Å². The molecule has 6 nitrogen and oxygen atoms in total. The third-order valence-corrected chi connectivity index (χ3v) is 3.35. The highest BCUT2D eigenvalue weighted by molar-refractivity contribution is 5.78. The summed E-state index contributed by atoms with van der Waals surface area (Å²) >= 11 is 0. The Morgan fingerprint density at radius 2 is 2.32 bits per heavy atom. The maximum Gasteiger partial charge on any atom is 0.234 e. The van der Waals surface area contributed by atoms with Crippen molar-refractivity contribution in [1.82, 2.24) is 20.4 Å². The predicted octanol–water partition coefficient (Wildman–Crippen LogP) is -0.153. The number of rotatable bonds is 6. The number of carbonyl (C=O) groups is 1. The van der Waals surface area contributed by atoms with Gasteiger partial charge in [-0.25, -0.2) is 0 Å². The van der Waals surface area contributed by atoms with Crippen molar-refractivity contribution in [2.45, 2.75) is 25.3 Å². The topological polar surface area (TPSA) is 68.2 Å². The molecule has 0 radical (unpaired) electrons. The highest BCUT2D eigenvalue weighted by Gasteiger charge is 2.15. The first kappa shape index (κ1) is 14.0. The summed E-state index contributed by atoms with van der Waals surface area (Å²) in [6.45, 7) is 2.65. The Morgan fingerprint density at radius 3 is 3.00 bits per heavy atom. The monoisotopic (exact) mass is 266 g/mol. The highest BCUT2D eigenvalue weighted by atomic mass is 16.5. The molecule has 106 valence electrons. The quantitative estimate of drug-likeness (QED) is 0.703. The fourth-order valence-corrected chi connectivity index (χ4v) is 2.19. The van der Waals surface area contributed by atoms with Gasteiger partial charge in [-0.05, 0) is 18.9 Å². The van der Waals surface area contributed by atoms with Gasteiger partial charge in [0.2, 0.25) is 5.91 Å². The van der Waals surface area contributed by atoms with Gasteiger partial charge in [-0.15, -0.1) is 0 Å². The van der Waals surface area contributed by atoms with Crippen molar-refractivity contribution < 1.29 is 9.53 Å². The van der Waals surface area contributed by atoms with Gasteiger partial charge in [0, 0.05) is 51.2 Å². The molecule has 0 aliphatic carbocycles. The molecule has 19 heavy (non-hydrogen) atoms. The van der Waals surface area contributed by atoms with Crippen molar-refractivity contribution >= 4 is 5.91 Å². The standard InChI is InChI=1S/C13H22N4O2/c1-17-12(3-7-15-17)2-6-14-10-13(18)16-11-4-8-19-9-5-11/h3,7,11,14H,2,4-6,8-10H2,1H3,(H,16,18). The van der Waals surface area contributed by atoms with Crippen LogP contribution in [0.5, 0.6) is 0 Å². The first-order valence-electron chi connectivity index (χ1n) is 6.80. The van der Waals surface area contributed by atoms with E-state index < -0.39 is 0 Å². The van der Waals surface area contributed by atoms with E-state index in [2.05, 4.69) is 15.7 Å². The van der Waals surface area contributed by atoms with Gasteiger partial charge in [-0.3, -0.25) is 9.48 Å². The molecule has 0 unspecified atom stereocenters. The molecule has 1 aromatic heterocycles. The normalized spacial score (nSPS) is 16.5. The van der Waals surface area contributed by atoms with E-state index in [0.29, 0.717) is 6.54 Å². The van der Waals surface area contributed by atoms with Gasteiger partial charge in [-0.2, -0.15) is 5.10 Å². The molecule has 1 aliphatic heterocycles. The van der Waals surface area contributed by atoms with Crippen LogP contribution in [-0.4, -0.2) is 48.0 Å². The molecule has 1 fully saturated rings. The Labute approximate surface area is 113 Å². The van der Waals surface area contributed by atoms with Crippen molar-refractivity contribution in [2.75, 3.05) is 26.3 Å². The van der Waals surface area contributed by atoms with Crippen molar-refractivity contribution in [1.29, 1.82) is 0 Å². The van der Waals surface area contributed by atoms with Crippen LogP contribution in [0.4, 0.5) is 0 Å². The lowest BCUT2D eigenvalue weighted by Crippen LogP contribution is -2.43. The third kappa shape index (κ3) is 4.65. The first-order valence-corrected chi connectivity index (χ1v) is 6.80. The van der Waals surface area contributed by atoms with Crippen LogP contribution in [0.2, 0.25) is 0 Å². The molecular weight excluding hydrogens is 244 g/mol. The second-order valence-electron chi connectivity index (χ2n) is 4.83. The van der Waals surface area contributed by atoms with E-state index in [-0.39, 0.29) is 11.9 Å². The third-order valence-electron chi connectivity index (χ3n) is 3.35. The number of nitrogens with one attached hydrogen (secondary N) is 2. The zero-order valence-electron chi connectivity index (χ0n) is 11.4. The molecule has 1 saturated heterocycles.